The first-order valence-electron chi connectivity index (χ1n) is 5.53. The Balaban J connectivity index is 2.82. The summed E-state index contributed by atoms with van der Waals surface area (Å²) in [6, 6.07) is 6.82. The minimum atomic E-state index is -3.36. The molecular formula is C11H19N3O2S. The summed E-state index contributed by atoms with van der Waals surface area (Å²) in [5.74, 6) is 0. The molecule has 0 aliphatic carbocycles. The van der Waals surface area contributed by atoms with Crippen molar-refractivity contribution >= 4 is 15.7 Å². The summed E-state index contributed by atoms with van der Waals surface area (Å²) < 4.78 is 25.3. The molecule has 17 heavy (non-hydrogen) atoms. The highest BCUT2D eigenvalue weighted by Crippen LogP contribution is 2.14. The monoisotopic (exact) mass is 257 g/mol. The largest absolute Gasteiger partial charge is 0.381 e. The Morgan fingerprint density at radius 2 is 1.88 bits per heavy atom. The second-order valence-corrected chi connectivity index (χ2v) is 5.60. The van der Waals surface area contributed by atoms with E-state index in [0.717, 1.165) is 12.1 Å². The Bertz CT molecular complexity index is 438. The average Bonchev–Trinajstić information content (AvgIpc) is 2.36. The summed E-state index contributed by atoms with van der Waals surface area (Å²) in [6.45, 7) is 2.59. The maximum atomic E-state index is 11.5. The SMILES string of the molecule is CCC(CN)Nc1ccc(S(=O)(=O)NC)cc1. The van der Waals surface area contributed by atoms with Crippen molar-refractivity contribution in [2.45, 2.75) is 24.3 Å². The van der Waals surface area contributed by atoms with Gasteiger partial charge in [-0.25, -0.2) is 13.1 Å². The third-order valence-corrected chi connectivity index (χ3v) is 4.01. The van der Waals surface area contributed by atoms with Gasteiger partial charge in [-0.2, -0.15) is 0 Å². The summed E-state index contributed by atoms with van der Waals surface area (Å²) in [5.41, 5.74) is 6.46. The van der Waals surface area contributed by atoms with Crippen LogP contribution in [0.3, 0.4) is 0 Å². The first-order chi connectivity index (χ1) is 8.03. The van der Waals surface area contributed by atoms with E-state index in [0.29, 0.717) is 6.54 Å². The van der Waals surface area contributed by atoms with Crippen LogP contribution in [0.4, 0.5) is 5.69 Å². The molecule has 0 saturated heterocycles. The molecule has 0 heterocycles. The minimum absolute atomic E-state index is 0.210. The summed E-state index contributed by atoms with van der Waals surface area (Å²) in [6.07, 6.45) is 0.924. The Morgan fingerprint density at radius 3 is 2.29 bits per heavy atom. The van der Waals surface area contributed by atoms with Gasteiger partial charge in [0.25, 0.3) is 0 Å². The maximum absolute atomic E-state index is 11.5. The van der Waals surface area contributed by atoms with Gasteiger partial charge in [0, 0.05) is 18.3 Å². The number of benzene rings is 1. The van der Waals surface area contributed by atoms with E-state index >= 15 is 0 Å². The van der Waals surface area contributed by atoms with E-state index in [1.807, 2.05) is 6.92 Å². The van der Waals surface area contributed by atoms with Gasteiger partial charge >= 0.3 is 0 Å². The number of sulfonamides is 1. The van der Waals surface area contributed by atoms with Crippen molar-refractivity contribution in [3.63, 3.8) is 0 Å². The third-order valence-electron chi connectivity index (χ3n) is 2.58. The highest BCUT2D eigenvalue weighted by atomic mass is 32.2. The zero-order valence-corrected chi connectivity index (χ0v) is 10.9. The van der Waals surface area contributed by atoms with Crippen molar-refractivity contribution in [1.82, 2.24) is 4.72 Å². The van der Waals surface area contributed by atoms with Crippen LogP contribution in [0.5, 0.6) is 0 Å². The van der Waals surface area contributed by atoms with Gasteiger partial charge in [-0.15, -0.1) is 0 Å². The lowest BCUT2D eigenvalue weighted by molar-refractivity contribution is 0.588. The van der Waals surface area contributed by atoms with E-state index in [9.17, 15) is 8.42 Å². The van der Waals surface area contributed by atoms with Crippen LogP contribution in [0.2, 0.25) is 0 Å². The molecule has 0 saturated carbocycles. The molecule has 0 fully saturated rings. The van der Waals surface area contributed by atoms with E-state index in [-0.39, 0.29) is 10.9 Å². The Kier molecular flexibility index (Phi) is 4.92. The molecular weight excluding hydrogens is 238 g/mol. The number of rotatable bonds is 6. The number of nitrogens with two attached hydrogens (primary N) is 1. The lowest BCUT2D eigenvalue weighted by Gasteiger charge is -2.16. The fourth-order valence-corrected chi connectivity index (χ4v) is 2.14. The zero-order valence-electron chi connectivity index (χ0n) is 10.1. The van der Waals surface area contributed by atoms with E-state index in [4.69, 9.17) is 5.73 Å². The van der Waals surface area contributed by atoms with Crippen LogP contribution in [-0.2, 0) is 10.0 Å². The summed E-state index contributed by atoms with van der Waals surface area (Å²) in [7, 11) is -1.97. The number of hydrogen-bond donors (Lipinski definition) is 3. The average molecular weight is 257 g/mol. The standard InChI is InChI=1S/C11H19N3O2S/c1-3-9(8-12)14-10-4-6-11(7-5-10)17(15,16)13-2/h4-7,9,13-14H,3,8,12H2,1-2H3. The fraction of sp³-hybridized carbons (Fsp3) is 0.455. The normalized spacial score (nSPS) is 13.4. The Morgan fingerprint density at radius 1 is 1.29 bits per heavy atom. The zero-order chi connectivity index (χ0) is 12.9. The second kappa shape index (κ2) is 6.00. The number of nitrogens with one attached hydrogen (secondary N) is 2. The molecule has 0 aromatic heterocycles. The van der Waals surface area contributed by atoms with Crippen LogP contribution in [0.25, 0.3) is 0 Å². The molecule has 0 aliphatic rings. The summed E-state index contributed by atoms with van der Waals surface area (Å²) in [5, 5.41) is 3.23. The van der Waals surface area contributed by atoms with Crippen molar-refractivity contribution in [3.05, 3.63) is 24.3 Å². The van der Waals surface area contributed by atoms with E-state index < -0.39 is 10.0 Å². The van der Waals surface area contributed by atoms with Gasteiger partial charge in [-0.3, -0.25) is 0 Å². The van der Waals surface area contributed by atoms with Crippen LogP contribution in [0.15, 0.2) is 29.2 Å². The van der Waals surface area contributed by atoms with Gasteiger partial charge in [0.1, 0.15) is 0 Å². The molecule has 1 aromatic carbocycles. The van der Waals surface area contributed by atoms with Crippen LogP contribution in [0, 0.1) is 0 Å². The molecule has 1 unspecified atom stereocenters. The van der Waals surface area contributed by atoms with Crippen molar-refractivity contribution in [1.29, 1.82) is 0 Å². The van der Waals surface area contributed by atoms with Crippen LogP contribution < -0.4 is 15.8 Å². The van der Waals surface area contributed by atoms with Crippen LogP contribution in [-0.4, -0.2) is 28.1 Å². The molecule has 4 N–H and O–H groups in total. The van der Waals surface area contributed by atoms with Gasteiger partial charge in [0.15, 0.2) is 0 Å². The van der Waals surface area contributed by atoms with Gasteiger partial charge in [0.05, 0.1) is 4.90 Å². The third kappa shape index (κ3) is 3.69. The van der Waals surface area contributed by atoms with Gasteiger partial charge in [-0.1, -0.05) is 6.92 Å². The number of hydrogen-bond acceptors (Lipinski definition) is 4. The van der Waals surface area contributed by atoms with Crippen molar-refractivity contribution < 1.29 is 8.42 Å². The predicted octanol–water partition coefficient (Wildman–Crippen LogP) is 0.744. The molecule has 0 spiro atoms. The predicted molar refractivity (Wildman–Crippen MR) is 69.4 cm³/mol. The minimum Gasteiger partial charge on any atom is -0.381 e. The molecule has 1 atom stereocenters. The van der Waals surface area contributed by atoms with E-state index in [1.165, 1.54) is 7.05 Å². The van der Waals surface area contributed by atoms with Crippen molar-refractivity contribution in [3.8, 4) is 0 Å². The molecule has 1 rings (SSSR count). The fourth-order valence-electron chi connectivity index (χ4n) is 1.41. The molecule has 0 radical (unpaired) electrons. The smallest absolute Gasteiger partial charge is 0.240 e. The van der Waals surface area contributed by atoms with Crippen LogP contribution >= 0.6 is 0 Å². The molecule has 0 amide bonds. The first-order valence-corrected chi connectivity index (χ1v) is 7.02. The maximum Gasteiger partial charge on any atom is 0.240 e. The lowest BCUT2D eigenvalue weighted by Crippen LogP contribution is -2.27. The highest BCUT2D eigenvalue weighted by Gasteiger charge is 2.10. The van der Waals surface area contributed by atoms with Gasteiger partial charge in [0.2, 0.25) is 10.0 Å². The van der Waals surface area contributed by atoms with Gasteiger partial charge in [-0.05, 0) is 37.7 Å². The number of anilines is 1. The lowest BCUT2D eigenvalue weighted by atomic mass is 10.2. The summed E-state index contributed by atoms with van der Waals surface area (Å²) in [4.78, 5) is 0.256. The van der Waals surface area contributed by atoms with Crippen molar-refractivity contribution in [2.75, 3.05) is 18.9 Å². The Hall–Kier alpha value is -1.11. The molecule has 6 heteroatoms. The van der Waals surface area contributed by atoms with E-state index in [2.05, 4.69) is 10.0 Å². The summed E-state index contributed by atoms with van der Waals surface area (Å²) >= 11 is 0. The molecule has 5 nitrogen and oxygen atoms in total. The van der Waals surface area contributed by atoms with Gasteiger partial charge < -0.3 is 11.1 Å². The quantitative estimate of drug-likeness (QED) is 0.702. The molecule has 0 aliphatic heterocycles. The molecule has 0 bridgehead atoms. The highest BCUT2D eigenvalue weighted by molar-refractivity contribution is 7.89. The molecule has 96 valence electrons. The molecule has 1 aromatic rings. The van der Waals surface area contributed by atoms with E-state index in [1.54, 1.807) is 24.3 Å². The Labute approximate surface area is 102 Å². The first kappa shape index (κ1) is 14.0. The second-order valence-electron chi connectivity index (χ2n) is 3.72. The topological polar surface area (TPSA) is 84.2 Å². The van der Waals surface area contributed by atoms with Crippen LogP contribution in [0.1, 0.15) is 13.3 Å². The van der Waals surface area contributed by atoms with Crippen molar-refractivity contribution in [2.24, 2.45) is 5.73 Å².